The summed E-state index contributed by atoms with van der Waals surface area (Å²) >= 11 is 3.27. The van der Waals surface area contributed by atoms with E-state index in [0.29, 0.717) is 26.7 Å². The molecule has 202 valence electrons. The summed E-state index contributed by atoms with van der Waals surface area (Å²) in [6.07, 6.45) is 0.0813. The molecular formula is C28H21BrN4O7. The maximum absolute atomic E-state index is 13.6. The number of nitro groups is 1. The van der Waals surface area contributed by atoms with Gasteiger partial charge in [0.1, 0.15) is 5.58 Å². The third-order valence-electron chi connectivity index (χ3n) is 5.88. The molecule has 0 spiro atoms. The van der Waals surface area contributed by atoms with Crippen LogP contribution in [0.25, 0.3) is 33.5 Å². The molecule has 40 heavy (non-hydrogen) atoms. The second-order valence-electron chi connectivity index (χ2n) is 8.58. The van der Waals surface area contributed by atoms with E-state index in [1.807, 2.05) is 18.2 Å². The van der Waals surface area contributed by atoms with Crippen LogP contribution in [-0.2, 0) is 9.53 Å². The van der Waals surface area contributed by atoms with Crippen molar-refractivity contribution in [3.63, 3.8) is 0 Å². The number of carbonyl (C=O) groups is 1. The van der Waals surface area contributed by atoms with Crippen molar-refractivity contribution in [2.45, 2.75) is 20.0 Å². The largest absolute Gasteiger partial charge is 0.471 e. The Morgan fingerprint density at radius 2 is 1.95 bits per heavy atom. The summed E-state index contributed by atoms with van der Waals surface area (Å²) in [7, 11) is 0. The number of esters is 1. The van der Waals surface area contributed by atoms with E-state index in [9.17, 15) is 19.7 Å². The van der Waals surface area contributed by atoms with Gasteiger partial charge in [0.15, 0.2) is 11.9 Å². The molecule has 5 aromatic rings. The second-order valence-corrected chi connectivity index (χ2v) is 9.49. The number of furan rings is 1. The monoisotopic (exact) mass is 604 g/mol. The zero-order chi connectivity index (χ0) is 28.4. The molecule has 1 atom stereocenters. The molecule has 5 rings (SSSR count). The molecule has 12 heteroatoms. The Bertz CT molecular complexity index is 1830. The van der Waals surface area contributed by atoms with Crippen LogP contribution < -0.4 is 10.3 Å². The van der Waals surface area contributed by atoms with E-state index < -0.39 is 28.2 Å². The van der Waals surface area contributed by atoms with Crippen LogP contribution in [0.2, 0.25) is 0 Å². The lowest BCUT2D eigenvalue weighted by atomic mass is 10.2. The standard InChI is InChI=1S/C28H21BrN4O7/c1-3-38-28(35)16(2)39-25-18(12-19(29)14-22(25)33(36)37)15-30-32-26(24-13-17-8-4-7-11-23(17)40-24)31-21-10-6-5-9-20(21)27(32)34/h4-16H,3H2,1-2H3/t16-/m1/s1. The fourth-order valence-corrected chi connectivity index (χ4v) is 4.51. The first-order valence-electron chi connectivity index (χ1n) is 12.1. The van der Waals surface area contributed by atoms with Crippen LogP contribution in [0, 0.1) is 10.1 Å². The number of nitro benzene ring substituents is 1. The molecule has 0 unspecified atom stereocenters. The Morgan fingerprint density at radius 1 is 1.20 bits per heavy atom. The summed E-state index contributed by atoms with van der Waals surface area (Å²) in [5, 5.41) is 17.4. The van der Waals surface area contributed by atoms with Crippen LogP contribution >= 0.6 is 15.9 Å². The van der Waals surface area contributed by atoms with E-state index in [1.54, 1.807) is 43.3 Å². The minimum atomic E-state index is -1.15. The van der Waals surface area contributed by atoms with Gasteiger partial charge in [-0.15, -0.1) is 0 Å². The Labute approximate surface area is 234 Å². The average Bonchev–Trinajstić information content (AvgIpc) is 3.37. The number of hydrogen-bond acceptors (Lipinski definition) is 9. The molecule has 0 radical (unpaired) electrons. The number of nitrogens with zero attached hydrogens (tertiary/aromatic N) is 4. The molecule has 0 fully saturated rings. The topological polar surface area (TPSA) is 139 Å². The lowest BCUT2D eigenvalue weighted by molar-refractivity contribution is -0.386. The number of benzene rings is 3. The number of fused-ring (bicyclic) bond motifs is 2. The number of aromatic nitrogens is 2. The van der Waals surface area contributed by atoms with Crippen LogP contribution in [-0.4, -0.2) is 39.5 Å². The first-order chi connectivity index (χ1) is 19.3. The summed E-state index contributed by atoms with van der Waals surface area (Å²) in [6, 6.07) is 18.7. The van der Waals surface area contributed by atoms with Gasteiger partial charge in [-0.05, 0) is 44.2 Å². The number of halogens is 1. The van der Waals surface area contributed by atoms with Crippen LogP contribution in [0.1, 0.15) is 19.4 Å². The van der Waals surface area contributed by atoms with E-state index in [1.165, 1.54) is 25.3 Å². The van der Waals surface area contributed by atoms with Crippen molar-refractivity contribution in [1.29, 1.82) is 0 Å². The number of rotatable bonds is 8. The molecule has 0 bridgehead atoms. The Morgan fingerprint density at radius 3 is 2.70 bits per heavy atom. The van der Waals surface area contributed by atoms with Gasteiger partial charge in [0.25, 0.3) is 5.56 Å². The highest BCUT2D eigenvalue weighted by Gasteiger charge is 2.26. The smallest absolute Gasteiger partial charge is 0.347 e. The summed E-state index contributed by atoms with van der Waals surface area (Å²) in [5.41, 5.74) is 0.284. The number of ether oxygens (including phenoxy) is 2. The van der Waals surface area contributed by atoms with E-state index in [4.69, 9.17) is 13.9 Å². The van der Waals surface area contributed by atoms with Gasteiger partial charge in [-0.3, -0.25) is 14.9 Å². The summed E-state index contributed by atoms with van der Waals surface area (Å²) < 4.78 is 18.1. The third kappa shape index (κ3) is 5.21. The summed E-state index contributed by atoms with van der Waals surface area (Å²) in [5.74, 6) is -0.480. The van der Waals surface area contributed by atoms with E-state index in [0.717, 1.165) is 10.1 Å². The van der Waals surface area contributed by atoms with Gasteiger partial charge in [0.2, 0.25) is 11.6 Å². The van der Waals surface area contributed by atoms with Crippen LogP contribution in [0.3, 0.4) is 0 Å². The molecule has 0 aliphatic heterocycles. The Kier molecular flexibility index (Phi) is 7.43. The lowest BCUT2D eigenvalue weighted by Gasteiger charge is -2.15. The van der Waals surface area contributed by atoms with Crippen molar-refractivity contribution in [2.75, 3.05) is 6.61 Å². The van der Waals surface area contributed by atoms with E-state index in [2.05, 4.69) is 26.0 Å². The zero-order valence-corrected chi connectivity index (χ0v) is 22.8. The van der Waals surface area contributed by atoms with Gasteiger partial charge in [0, 0.05) is 21.5 Å². The van der Waals surface area contributed by atoms with Crippen molar-refractivity contribution < 1.29 is 23.6 Å². The van der Waals surface area contributed by atoms with E-state index in [-0.39, 0.29) is 23.7 Å². The van der Waals surface area contributed by atoms with Crippen LogP contribution in [0.15, 0.2) is 85.5 Å². The molecule has 3 aromatic carbocycles. The van der Waals surface area contributed by atoms with Crippen molar-refractivity contribution in [1.82, 2.24) is 9.66 Å². The molecule has 2 aromatic heterocycles. The van der Waals surface area contributed by atoms with Gasteiger partial charge in [-0.2, -0.15) is 9.78 Å². The van der Waals surface area contributed by atoms with Gasteiger partial charge in [0.05, 0.1) is 28.6 Å². The van der Waals surface area contributed by atoms with Gasteiger partial charge < -0.3 is 13.9 Å². The Balaban J connectivity index is 1.68. The number of para-hydroxylation sites is 2. The maximum atomic E-state index is 13.6. The molecule has 2 heterocycles. The minimum Gasteiger partial charge on any atom is -0.471 e. The SMILES string of the molecule is CCOC(=O)[C@@H](C)Oc1c(C=Nn2c(-c3cc4ccccc4o3)nc3ccccc3c2=O)cc(Br)cc1[N+](=O)[O-]. The molecule has 0 amide bonds. The molecule has 0 saturated heterocycles. The van der Waals surface area contributed by atoms with Gasteiger partial charge in [-0.1, -0.05) is 46.3 Å². The number of hydrogen-bond donors (Lipinski definition) is 0. The fourth-order valence-electron chi connectivity index (χ4n) is 4.05. The van der Waals surface area contributed by atoms with Crippen molar-refractivity contribution in [3.05, 3.63) is 97.2 Å². The van der Waals surface area contributed by atoms with Crippen LogP contribution in [0.4, 0.5) is 5.69 Å². The quantitative estimate of drug-likeness (QED) is 0.0951. The van der Waals surface area contributed by atoms with Crippen molar-refractivity contribution in [3.8, 4) is 17.3 Å². The molecule has 0 aliphatic carbocycles. The highest BCUT2D eigenvalue weighted by molar-refractivity contribution is 9.10. The molecule has 0 N–H and O–H groups in total. The maximum Gasteiger partial charge on any atom is 0.347 e. The summed E-state index contributed by atoms with van der Waals surface area (Å²) in [4.78, 5) is 41.7. The highest BCUT2D eigenvalue weighted by Crippen LogP contribution is 2.35. The Hall–Kier alpha value is -4.84. The van der Waals surface area contributed by atoms with Gasteiger partial charge in [-0.25, -0.2) is 9.78 Å². The summed E-state index contributed by atoms with van der Waals surface area (Å²) in [6.45, 7) is 3.17. The van der Waals surface area contributed by atoms with Gasteiger partial charge >= 0.3 is 11.7 Å². The first-order valence-corrected chi connectivity index (χ1v) is 12.9. The fraction of sp³-hybridized carbons (Fsp3) is 0.143. The molecular weight excluding hydrogens is 584 g/mol. The average molecular weight is 605 g/mol. The molecule has 0 saturated carbocycles. The predicted octanol–water partition coefficient (Wildman–Crippen LogP) is 5.69. The zero-order valence-electron chi connectivity index (χ0n) is 21.2. The number of carbonyl (C=O) groups excluding carboxylic acids is 1. The second kappa shape index (κ2) is 11.1. The highest BCUT2D eigenvalue weighted by atomic mass is 79.9. The third-order valence-corrected chi connectivity index (χ3v) is 6.34. The van der Waals surface area contributed by atoms with Crippen molar-refractivity contribution in [2.24, 2.45) is 5.10 Å². The van der Waals surface area contributed by atoms with Crippen LogP contribution in [0.5, 0.6) is 5.75 Å². The molecule has 11 nitrogen and oxygen atoms in total. The van der Waals surface area contributed by atoms with E-state index >= 15 is 0 Å². The predicted molar refractivity (Wildman–Crippen MR) is 152 cm³/mol. The minimum absolute atomic E-state index is 0.117. The first kappa shape index (κ1) is 26.8. The van der Waals surface area contributed by atoms with Crippen molar-refractivity contribution >= 4 is 55.7 Å². The lowest BCUT2D eigenvalue weighted by Crippen LogP contribution is -2.27. The molecule has 0 aliphatic rings. The normalized spacial score (nSPS) is 12.2.